The molecule has 0 bridgehead atoms. The number of pyridine rings is 1. The van der Waals surface area contributed by atoms with E-state index in [2.05, 4.69) is 4.98 Å². The van der Waals surface area contributed by atoms with Gasteiger partial charge < -0.3 is 0 Å². The molecule has 0 saturated carbocycles. The van der Waals surface area contributed by atoms with E-state index >= 15 is 0 Å². The molecule has 0 spiro atoms. The average Bonchev–Trinajstić information content (AvgIpc) is 3.01. The van der Waals surface area contributed by atoms with E-state index in [1.165, 1.54) is 55.0 Å². The van der Waals surface area contributed by atoms with Crippen molar-refractivity contribution in [2.24, 2.45) is 0 Å². The van der Waals surface area contributed by atoms with E-state index in [0.29, 0.717) is 0 Å². The molecular weight excluding hydrogens is 317 g/mol. The fourth-order valence-electron chi connectivity index (χ4n) is 2.18. The summed E-state index contributed by atoms with van der Waals surface area (Å²) in [4.78, 5) is 3.75. The second-order valence-corrected chi connectivity index (χ2v) is 6.51. The Labute approximate surface area is 132 Å². The molecule has 23 heavy (non-hydrogen) atoms. The van der Waals surface area contributed by atoms with Gasteiger partial charge in [-0.1, -0.05) is 12.1 Å². The maximum absolute atomic E-state index is 14.1. The monoisotopic (exact) mass is 327 g/mol. The summed E-state index contributed by atoms with van der Waals surface area (Å²) in [5.41, 5.74) is 0.306. The Bertz CT molecular complexity index is 1010. The van der Waals surface area contributed by atoms with Gasteiger partial charge in [-0.15, -0.1) is 0 Å². The number of aromatic nitrogens is 2. The second-order valence-electron chi connectivity index (χ2n) is 4.70. The number of hydrogen-bond acceptors (Lipinski definition) is 4. The first kappa shape index (κ1) is 14.9. The summed E-state index contributed by atoms with van der Waals surface area (Å²) >= 11 is 0. The molecule has 2 heterocycles. The summed E-state index contributed by atoms with van der Waals surface area (Å²) in [5.74, 6) is -0.572. The van der Waals surface area contributed by atoms with Gasteiger partial charge in [-0.2, -0.15) is 5.26 Å². The number of hydrogen-bond donors (Lipinski definition) is 0. The normalized spacial score (nSPS) is 11.1. The zero-order chi connectivity index (χ0) is 16.4. The summed E-state index contributed by atoms with van der Waals surface area (Å²) in [6.07, 6.45) is 3.82. The van der Waals surface area contributed by atoms with Crippen molar-refractivity contribution < 1.29 is 12.8 Å². The summed E-state index contributed by atoms with van der Waals surface area (Å²) < 4.78 is 40.5. The second kappa shape index (κ2) is 5.66. The SMILES string of the molecule is N#Cc1cc(-c2ccccc2F)n(S(=O)(=O)c2cccnc2)c1. The van der Waals surface area contributed by atoms with Crippen LogP contribution in [0.4, 0.5) is 4.39 Å². The predicted molar refractivity (Wildman–Crippen MR) is 81.4 cm³/mol. The molecule has 0 atom stereocenters. The van der Waals surface area contributed by atoms with Crippen LogP contribution >= 0.6 is 0 Å². The molecule has 0 aliphatic heterocycles. The molecule has 0 N–H and O–H groups in total. The summed E-state index contributed by atoms with van der Waals surface area (Å²) in [5, 5.41) is 9.06. The van der Waals surface area contributed by atoms with Crippen LogP contribution in [0.1, 0.15) is 5.56 Å². The highest BCUT2D eigenvalue weighted by atomic mass is 32.2. The molecule has 0 aliphatic rings. The number of halogens is 1. The maximum atomic E-state index is 14.1. The molecule has 0 saturated heterocycles. The van der Waals surface area contributed by atoms with Gasteiger partial charge in [0.2, 0.25) is 0 Å². The minimum atomic E-state index is -3.99. The predicted octanol–water partition coefficient (Wildman–Crippen LogP) is 2.80. The van der Waals surface area contributed by atoms with E-state index in [1.54, 1.807) is 6.07 Å². The standard InChI is InChI=1S/C16H10FN3O2S/c17-15-6-2-1-5-14(15)16-8-12(9-18)11-20(16)23(21,22)13-4-3-7-19-10-13/h1-8,10-11H. The van der Waals surface area contributed by atoms with Gasteiger partial charge in [0, 0.05) is 24.2 Å². The van der Waals surface area contributed by atoms with Crippen LogP contribution in [0, 0.1) is 17.1 Å². The largest absolute Gasteiger partial charge is 0.269 e. The average molecular weight is 327 g/mol. The molecule has 0 aliphatic carbocycles. The van der Waals surface area contributed by atoms with Crippen molar-refractivity contribution in [3.63, 3.8) is 0 Å². The van der Waals surface area contributed by atoms with Crippen molar-refractivity contribution >= 4 is 10.0 Å². The lowest BCUT2D eigenvalue weighted by Crippen LogP contribution is -2.13. The number of nitrogens with zero attached hydrogens (tertiary/aromatic N) is 3. The van der Waals surface area contributed by atoms with Crippen LogP contribution in [0.5, 0.6) is 0 Å². The lowest BCUT2D eigenvalue weighted by atomic mass is 10.1. The van der Waals surface area contributed by atoms with E-state index in [1.807, 2.05) is 6.07 Å². The van der Waals surface area contributed by atoms with Crippen LogP contribution in [-0.4, -0.2) is 17.4 Å². The van der Waals surface area contributed by atoms with Crippen LogP contribution < -0.4 is 0 Å². The maximum Gasteiger partial charge on any atom is 0.269 e. The van der Waals surface area contributed by atoms with Crippen LogP contribution in [-0.2, 0) is 10.0 Å². The lowest BCUT2D eigenvalue weighted by Gasteiger charge is -2.10. The van der Waals surface area contributed by atoms with Gasteiger partial charge in [0.15, 0.2) is 0 Å². The molecule has 7 heteroatoms. The quantitative estimate of drug-likeness (QED) is 0.741. The molecule has 5 nitrogen and oxygen atoms in total. The fourth-order valence-corrected chi connectivity index (χ4v) is 3.52. The minimum Gasteiger partial charge on any atom is -0.263 e. The zero-order valence-corrected chi connectivity index (χ0v) is 12.5. The van der Waals surface area contributed by atoms with Crippen molar-refractivity contribution in [1.29, 1.82) is 5.26 Å². The Balaban J connectivity index is 2.28. The molecule has 2 aromatic heterocycles. The van der Waals surface area contributed by atoms with Crippen molar-refractivity contribution in [2.45, 2.75) is 4.90 Å². The highest BCUT2D eigenvalue weighted by Gasteiger charge is 2.23. The molecule has 3 rings (SSSR count). The Kier molecular flexibility index (Phi) is 3.68. The van der Waals surface area contributed by atoms with Crippen LogP contribution in [0.3, 0.4) is 0 Å². The minimum absolute atomic E-state index is 0.0438. The van der Waals surface area contributed by atoms with Crippen LogP contribution in [0.25, 0.3) is 11.3 Å². The number of nitriles is 1. The van der Waals surface area contributed by atoms with Crippen molar-refractivity contribution in [2.75, 3.05) is 0 Å². The van der Waals surface area contributed by atoms with Crippen LogP contribution in [0.15, 0.2) is 66.0 Å². The molecule has 0 radical (unpaired) electrons. The molecular formula is C16H10FN3O2S. The van der Waals surface area contributed by atoms with Gasteiger partial charge in [-0.3, -0.25) is 4.98 Å². The smallest absolute Gasteiger partial charge is 0.263 e. The topological polar surface area (TPSA) is 75.8 Å². The summed E-state index contributed by atoms with van der Waals surface area (Å²) in [6, 6.07) is 11.9. The van der Waals surface area contributed by atoms with E-state index < -0.39 is 15.8 Å². The highest BCUT2D eigenvalue weighted by molar-refractivity contribution is 7.90. The number of benzene rings is 1. The Morgan fingerprint density at radius 1 is 1.17 bits per heavy atom. The van der Waals surface area contributed by atoms with E-state index in [-0.39, 0.29) is 21.7 Å². The fraction of sp³-hybridized carbons (Fsp3) is 0. The zero-order valence-electron chi connectivity index (χ0n) is 11.7. The van der Waals surface area contributed by atoms with Gasteiger partial charge in [0.1, 0.15) is 16.8 Å². The Hall–Kier alpha value is -2.98. The molecule has 0 amide bonds. The van der Waals surface area contributed by atoms with E-state index in [9.17, 15) is 12.8 Å². The summed E-state index contributed by atoms with van der Waals surface area (Å²) in [7, 11) is -3.99. The first-order valence-corrected chi connectivity index (χ1v) is 8.01. The highest BCUT2D eigenvalue weighted by Crippen LogP contribution is 2.28. The van der Waals surface area contributed by atoms with E-state index in [4.69, 9.17) is 5.26 Å². The van der Waals surface area contributed by atoms with Crippen molar-refractivity contribution in [1.82, 2.24) is 8.96 Å². The van der Waals surface area contributed by atoms with Crippen molar-refractivity contribution in [3.8, 4) is 17.3 Å². The van der Waals surface area contributed by atoms with Gasteiger partial charge in [-0.25, -0.2) is 16.8 Å². The third kappa shape index (κ3) is 2.60. The molecule has 114 valence electrons. The molecule has 3 aromatic rings. The van der Waals surface area contributed by atoms with Gasteiger partial charge in [0.05, 0.1) is 11.3 Å². The van der Waals surface area contributed by atoms with Crippen LogP contribution in [0.2, 0.25) is 0 Å². The lowest BCUT2D eigenvalue weighted by molar-refractivity contribution is 0.587. The Morgan fingerprint density at radius 3 is 2.61 bits per heavy atom. The third-order valence-electron chi connectivity index (χ3n) is 3.26. The first-order chi connectivity index (χ1) is 11.0. The third-order valence-corrected chi connectivity index (χ3v) is 4.91. The molecule has 1 aromatic carbocycles. The van der Waals surface area contributed by atoms with Crippen molar-refractivity contribution in [3.05, 3.63) is 72.4 Å². The molecule has 0 fully saturated rings. The Morgan fingerprint density at radius 2 is 1.96 bits per heavy atom. The first-order valence-electron chi connectivity index (χ1n) is 6.57. The van der Waals surface area contributed by atoms with Gasteiger partial charge >= 0.3 is 0 Å². The van der Waals surface area contributed by atoms with Gasteiger partial charge in [-0.05, 0) is 30.3 Å². The number of rotatable bonds is 3. The molecule has 0 unspecified atom stereocenters. The van der Waals surface area contributed by atoms with Gasteiger partial charge in [0.25, 0.3) is 10.0 Å². The van der Waals surface area contributed by atoms with E-state index in [0.717, 1.165) is 3.97 Å². The summed E-state index contributed by atoms with van der Waals surface area (Å²) in [6.45, 7) is 0.